The molecule has 2 aromatic rings. The predicted molar refractivity (Wildman–Crippen MR) is 57.1 cm³/mol. The maximum atomic E-state index is 10.9. The number of halogens is 1. The minimum atomic E-state index is -0.409. The average molecular weight is 228 g/mol. The molecule has 0 aliphatic heterocycles. The summed E-state index contributed by atoms with van der Waals surface area (Å²) < 4.78 is 0. The lowest BCUT2D eigenvalue weighted by Crippen LogP contribution is -2.03. The smallest absolute Gasteiger partial charge is 0.252 e. The van der Waals surface area contributed by atoms with Crippen LogP contribution in [-0.2, 0) is 0 Å². The van der Waals surface area contributed by atoms with Gasteiger partial charge >= 0.3 is 0 Å². The Kier molecular flexibility index (Phi) is 2.31. The lowest BCUT2D eigenvalue weighted by Gasteiger charge is -2.02. The molecule has 0 saturated carbocycles. The molecule has 0 unspecified atom stereocenters. The van der Waals surface area contributed by atoms with Gasteiger partial charge in [0.2, 0.25) is 0 Å². The highest BCUT2D eigenvalue weighted by Crippen LogP contribution is 2.35. The summed E-state index contributed by atoms with van der Waals surface area (Å²) in [6.07, 6.45) is 0. The lowest BCUT2D eigenvalue weighted by molar-refractivity contribution is 0.476. The number of aromatic amines is 1. The summed E-state index contributed by atoms with van der Waals surface area (Å²) in [6, 6.07) is 4.78. The topological polar surface area (TPSA) is 53.1 Å². The van der Waals surface area contributed by atoms with Crippen LogP contribution in [0.3, 0.4) is 0 Å². The van der Waals surface area contributed by atoms with Gasteiger partial charge in [-0.05, 0) is 11.4 Å². The summed E-state index contributed by atoms with van der Waals surface area (Å²) in [5.74, 6) is -0.0961. The molecule has 2 N–H and O–H groups in total. The molecule has 0 aliphatic rings. The molecule has 14 heavy (non-hydrogen) atoms. The number of aromatic nitrogens is 1. The van der Waals surface area contributed by atoms with Gasteiger partial charge in [0.25, 0.3) is 5.56 Å². The van der Waals surface area contributed by atoms with Crippen LogP contribution in [0.25, 0.3) is 10.4 Å². The molecule has 0 atom stereocenters. The molecule has 0 amide bonds. The van der Waals surface area contributed by atoms with Gasteiger partial charge in [0.05, 0.1) is 5.56 Å². The molecule has 2 rings (SSSR count). The molecule has 0 bridgehead atoms. The zero-order valence-electron chi connectivity index (χ0n) is 6.95. The van der Waals surface area contributed by atoms with Gasteiger partial charge in [-0.3, -0.25) is 4.79 Å². The van der Waals surface area contributed by atoms with Gasteiger partial charge in [-0.1, -0.05) is 17.7 Å². The van der Waals surface area contributed by atoms with E-state index in [-0.39, 0.29) is 10.9 Å². The first kappa shape index (κ1) is 9.30. The normalized spacial score (nSPS) is 10.4. The van der Waals surface area contributed by atoms with Gasteiger partial charge in [0.15, 0.2) is 0 Å². The fourth-order valence-electron chi connectivity index (χ4n) is 1.17. The molecule has 3 nitrogen and oxygen atoms in total. The van der Waals surface area contributed by atoms with Crippen LogP contribution in [0.4, 0.5) is 0 Å². The zero-order chi connectivity index (χ0) is 10.1. The fraction of sp³-hybridized carbons (Fsp3) is 0. The standard InChI is InChI=1S/C9H6ClNO2S/c10-9-8(6-2-1-3-14-6)5(12)4-7(13)11-9/h1-4H,(H2,11,12,13). The van der Waals surface area contributed by atoms with Gasteiger partial charge in [0.1, 0.15) is 10.9 Å². The van der Waals surface area contributed by atoms with E-state index in [0.717, 1.165) is 10.9 Å². The Labute approximate surface area is 88.6 Å². The second-order valence-corrected chi connectivity index (χ2v) is 4.01. The highest BCUT2D eigenvalue weighted by Gasteiger charge is 2.11. The van der Waals surface area contributed by atoms with Gasteiger partial charge in [-0.15, -0.1) is 11.3 Å². The Bertz CT molecular complexity index is 478. The third kappa shape index (κ3) is 1.54. The van der Waals surface area contributed by atoms with Crippen LogP contribution >= 0.6 is 22.9 Å². The van der Waals surface area contributed by atoms with Crippen molar-refractivity contribution < 1.29 is 5.11 Å². The van der Waals surface area contributed by atoms with Crippen molar-refractivity contribution >= 4 is 22.9 Å². The summed E-state index contributed by atoms with van der Waals surface area (Å²) in [4.78, 5) is 14.2. The minimum Gasteiger partial charge on any atom is -0.507 e. The Balaban J connectivity index is 2.70. The van der Waals surface area contributed by atoms with E-state index in [1.165, 1.54) is 11.3 Å². The van der Waals surface area contributed by atoms with Crippen LogP contribution in [0, 0.1) is 0 Å². The van der Waals surface area contributed by atoms with Crippen LogP contribution < -0.4 is 5.56 Å². The average Bonchev–Trinajstić information content (AvgIpc) is 2.54. The fourth-order valence-corrected chi connectivity index (χ4v) is 2.30. The van der Waals surface area contributed by atoms with Crippen molar-refractivity contribution in [2.75, 3.05) is 0 Å². The largest absolute Gasteiger partial charge is 0.507 e. The summed E-state index contributed by atoms with van der Waals surface area (Å²) in [6.45, 7) is 0. The van der Waals surface area contributed by atoms with E-state index in [9.17, 15) is 9.90 Å². The van der Waals surface area contributed by atoms with Crippen molar-refractivity contribution in [3.8, 4) is 16.2 Å². The van der Waals surface area contributed by atoms with Gasteiger partial charge in [-0.25, -0.2) is 0 Å². The van der Waals surface area contributed by atoms with Crippen molar-refractivity contribution in [1.82, 2.24) is 4.98 Å². The van der Waals surface area contributed by atoms with Crippen LogP contribution in [0.15, 0.2) is 28.4 Å². The Morgan fingerprint density at radius 1 is 1.50 bits per heavy atom. The van der Waals surface area contributed by atoms with Crippen LogP contribution in [0.2, 0.25) is 5.15 Å². The highest BCUT2D eigenvalue weighted by molar-refractivity contribution is 7.13. The number of H-pyrrole nitrogens is 1. The molecule has 2 heterocycles. The molecule has 0 aliphatic carbocycles. The molecular weight excluding hydrogens is 222 g/mol. The number of pyridine rings is 1. The molecule has 0 fully saturated rings. The number of thiophene rings is 1. The van der Waals surface area contributed by atoms with Crippen LogP contribution in [-0.4, -0.2) is 10.1 Å². The highest BCUT2D eigenvalue weighted by atomic mass is 35.5. The summed E-state index contributed by atoms with van der Waals surface area (Å²) in [7, 11) is 0. The summed E-state index contributed by atoms with van der Waals surface area (Å²) in [5.41, 5.74) is 0.0640. The van der Waals surface area contributed by atoms with Crippen LogP contribution in [0.1, 0.15) is 0 Å². The van der Waals surface area contributed by atoms with E-state index in [1.54, 1.807) is 0 Å². The van der Waals surface area contributed by atoms with E-state index in [0.29, 0.717) is 5.56 Å². The second kappa shape index (κ2) is 3.48. The van der Waals surface area contributed by atoms with E-state index in [2.05, 4.69) is 4.98 Å². The Hall–Kier alpha value is -1.26. The number of hydrogen-bond donors (Lipinski definition) is 2. The summed E-state index contributed by atoms with van der Waals surface area (Å²) >= 11 is 7.26. The predicted octanol–water partition coefficient (Wildman–Crippen LogP) is 2.46. The van der Waals surface area contributed by atoms with Crippen molar-refractivity contribution in [1.29, 1.82) is 0 Å². The zero-order valence-corrected chi connectivity index (χ0v) is 8.52. The van der Waals surface area contributed by atoms with Gasteiger partial charge in [-0.2, -0.15) is 0 Å². The quantitative estimate of drug-likeness (QED) is 0.736. The monoisotopic (exact) mass is 227 g/mol. The van der Waals surface area contributed by atoms with E-state index >= 15 is 0 Å². The lowest BCUT2D eigenvalue weighted by atomic mass is 10.2. The Morgan fingerprint density at radius 2 is 2.29 bits per heavy atom. The molecule has 0 radical (unpaired) electrons. The van der Waals surface area contributed by atoms with E-state index in [1.807, 2.05) is 17.5 Å². The number of hydrogen-bond acceptors (Lipinski definition) is 3. The van der Waals surface area contributed by atoms with Crippen molar-refractivity contribution in [2.45, 2.75) is 0 Å². The molecular formula is C9H6ClNO2S. The van der Waals surface area contributed by atoms with Crippen molar-refractivity contribution in [3.05, 3.63) is 39.1 Å². The molecule has 0 spiro atoms. The first-order chi connectivity index (χ1) is 6.68. The number of aromatic hydroxyl groups is 1. The molecule has 0 saturated heterocycles. The molecule has 2 aromatic heterocycles. The third-order valence-electron chi connectivity index (χ3n) is 1.74. The minimum absolute atomic E-state index is 0.0961. The maximum absolute atomic E-state index is 10.9. The molecule has 72 valence electrons. The van der Waals surface area contributed by atoms with Gasteiger partial charge in [0, 0.05) is 10.9 Å². The third-order valence-corrected chi connectivity index (χ3v) is 2.91. The van der Waals surface area contributed by atoms with E-state index < -0.39 is 5.56 Å². The second-order valence-electron chi connectivity index (χ2n) is 2.69. The first-order valence-electron chi connectivity index (χ1n) is 3.84. The molecule has 0 aromatic carbocycles. The maximum Gasteiger partial charge on any atom is 0.252 e. The number of rotatable bonds is 1. The summed E-state index contributed by atoms with van der Waals surface area (Å²) in [5, 5.41) is 11.6. The van der Waals surface area contributed by atoms with Crippen molar-refractivity contribution in [2.24, 2.45) is 0 Å². The van der Waals surface area contributed by atoms with Crippen LogP contribution in [0.5, 0.6) is 5.75 Å². The van der Waals surface area contributed by atoms with E-state index in [4.69, 9.17) is 11.6 Å². The SMILES string of the molecule is O=c1cc(O)c(-c2cccs2)c(Cl)[nH]1. The van der Waals surface area contributed by atoms with Gasteiger partial charge < -0.3 is 10.1 Å². The number of nitrogens with one attached hydrogen (secondary N) is 1. The molecule has 5 heteroatoms. The Morgan fingerprint density at radius 3 is 2.86 bits per heavy atom. The van der Waals surface area contributed by atoms with Crippen molar-refractivity contribution in [3.63, 3.8) is 0 Å². The first-order valence-corrected chi connectivity index (χ1v) is 5.10.